The summed E-state index contributed by atoms with van der Waals surface area (Å²) in [5.41, 5.74) is 9.46. The van der Waals surface area contributed by atoms with Gasteiger partial charge in [0.15, 0.2) is 5.96 Å². The number of amides is 1. The second-order valence-electron chi connectivity index (χ2n) is 4.76. The largest absolute Gasteiger partial charge is 0.370 e. The lowest BCUT2D eigenvalue weighted by atomic mass is 10.1. The van der Waals surface area contributed by atoms with Gasteiger partial charge in [-0.25, -0.2) is 4.99 Å². The van der Waals surface area contributed by atoms with E-state index < -0.39 is 0 Å². The van der Waals surface area contributed by atoms with Gasteiger partial charge < -0.3 is 16.4 Å². The molecule has 1 aliphatic rings. The summed E-state index contributed by atoms with van der Waals surface area (Å²) in [6.07, 6.45) is 5.11. The lowest BCUT2D eigenvalue weighted by molar-refractivity contribution is -0.119. The van der Waals surface area contributed by atoms with Gasteiger partial charge in [0.2, 0.25) is 5.91 Å². The van der Waals surface area contributed by atoms with Crippen LogP contribution in [0.15, 0.2) is 35.8 Å². The third kappa shape index (κ3) is 5.37. The lowest BCUT2D eigenvalue weighted by Crippen LogP contribution is -2.29. The monoisotopic (exact) mass is 400 g/mol. The van der Waals surface area contributed by atoms with E-state index in [0.29, 0.717) is 6.54 Å². The predicted molar refractivity (Wildman–Crippen MR) is 97.2 cm³/mol. The number of hydrogen-bond acceptors (Lipinski definition) is 2. The zero-order valence-electron chi connectivity index (χ0n) is 11.9. The van der Waals surface area contributed by atoms with Crippen molar-refractivity contribution in [2.24, 2.45) is 10.7 Å². The SMILES string of the molecule is C=CCNC(=O)CN=C(N)Nc1ccc2c(c1)CCC2.I. The van der Waals surface area contributed by atoms with Crippen molar-refractivity contribution >= 4 is 41.5 Å². The van der Waals surface area contributed by atoms with Gasteiger partial charge >= 0.3 is 0 Å². The number of hydrogen-bond donors (Lipinski definition) is 3. The summed E-state index contributed by atoms with van der Waals surface area (Å²) in [4.78, 5) is 15.4. The Hall–Kier alpha value is -1.57. The standard InChI is InChI=1S/C15H20N4O.HI/c1-2-8-17-14(20)10-18-15(16)19-13-7-6-11-4-3-5-12(11)9-13;/h2,6-7,9H,1,3-5,8,10H2,(H,17,20)(H3,16,18,19);1H. The normalized spacial score (nSPS) is 13.0. The summed E-state index contributed by atoms with van der Waals surface area (Å²) in [7, 11) is 0. The Morgan fingerprint density at radius 2 is 2.14 bits per heavy atom. The first-order valence-electron chi connectivity index (χ1n) is 6.75. The van der Waals surface area contributed by atoms with Gasteiger partial charge in [-0.15, -0.1) is 30.6 Å². The molecule has 114 valence electrons. The number of aliphatic imine (C=N–C) groups is 1. The molecule has 0 heterocycles. The van der Waals surface area contributed by atoms with E-state index in [1.54, 1.807) is 6.08 Å². The summed E-state index contributed by atoms with van der Waals surface area (Å²) >= 11 is 0. The molecule has 0 aliphatic heterocycles. The number of anilines is 1. The van der Waals surface area contributed by atoms with Crippen molar-refractivity contribution in [1.82, 2.24) is 5.32 Å². The summed E-state index contributed by atoms with van der Waals surface area (Å²) in [6, 6.07) is 6.21. The summed E-state index contributed by atoms with van der Waals surface area (Å²) in [5, 5.41) is 5.65. The van der Waals surface area contributed by atoms with Crippen molar-refractivity contribution in [1.29, 1.82) is 0 Å². The third-order valence-corrected chi connectivity index (χ3v) is 3.21. The first-order chi connectivity index (χ1) is 9.69. The van der Waals surface area contributed by atoms with E-state index in [-0.39, 0.29) is 42.4 Å². The van der Waals surface area contributed by atoms with Gasteiger partial charge in [-0.05, 0) is 42.5 Å². The number of nitrogens with zero attached hydrogens (tertiary/aromatic N) is 1. The van der Waals surface area contributed by atoms with Gasteiger partial charge in [0.25, 0.3) is 0 Å². The number of guanidine groups is 1. The van der Waals surface area contributed by atoms with Crippen LogP contribution in [0.25, 0.3) is 0 Å². The minimum absolute atomic E-state index is 0. The molecule has 0 bridgehead atoms. The van der Waals surface area contributed by atoms with Crippen molar-refractivity contribution in [3.05, 3.63) is 42.0 Å². The van der Waals surface area contributed by atoms with E-state index in [1.807, 2.05) is 6.07 Å². The number of aryl methyl sites for hydroxylation is 2. The number of carbonyl (C=O) groups is 1. The Morgan fingerprint density at radius 1 is 1.38 bits per heavy atom. The Balaban J connectivity index is 0.00000220. The number of nitrogens with two attached hydrogens (primary N) is 1. The van der Waals surface area contributed by atoms with E-state index in [4.69, 9.17) is 5.73 Å². The molecule has 1 aliphatic carbocycles. The van der Waals surface area contributed by atoms with Crippen LogP contribution in [0.5, 0.6) is 0 Å². The Morgan fingerprint density at radius 3 is 2.90 bits per heavy atom. The lowest BCUT2D eigenvalue weighted by Gasteiger charge is -2.08. The Bertz CT molecular complexity index is 542. The molecule has 1 amide bonds. The van der Waals surface area contributed by atoms with Crippen LogP contribution in [0.4, 0.5) is 5.69 Å². The van der Waals surface area contributed by atoms with Gasteiger partial charge in [-0.1, -0.05) is 12.1 Å². The molecule has 1 aromatic rings. The highest BCUT2D eigenvalue weighted by atomic mass is 127. The first-order valence-corrected chi connectivity index (χ1v) is 6.75. The molecule has 21 heavy (non-hydrogen) atoms. The molecule has 1 aromatic carbocycles. The van der Waals surface area contributed by atoms with E-state index in [2.05, 4.69) is 34.3 Å². The zero-order valence-corrected chi connectivity index (χ0v) is 14.2. The molecular weight excluding hydrogens is 379 g/mol. The minimum atomic E-state index is -0.177. The third-order valence-electron chi connectivity index (χ3n) is 3.21. The second kappa shape index (κ2) is 8.66. The molecule has 0 radical (unpaired) electrons. The summed E-state index contributed by atoms with van der Waals surface area (Å²) < 4.78 is 0. The maximum atomic E-state index is 11.4. The molecule has 0 fully saturated rings. The molecule has 0 saturated heterocycles. The molecule has 0 unspecified atom stereocenters. The van der Waals surface area contributed by atoms with Crippen molar-refractivity contribution in [2.75, 3.05) is 18.4 Å². The van der Waals surface area contributed by atoms with E-state index in [9.17, 15) is 4.79 Å². The van der Waals surface area contributed by atoms with Gasteiger partial charge in [-0.2, -0.15) is 0 Å². The number of rotatable bonds is 5. The zero-order chi connectivity index (χ0) is 14.4. The highest BCUT2D eigenvalue weighted by Gasteiger charge is 2.10. The fourth-order valence-electron chi connectivity index (χ4n) is 2.24. The minimum Gasteiger partial charge on any atom is -0.370 e. The number of benzene rings is 1. The fourth-order valence-corrected chi connectivity index (χ4v) is 2.24. The average molecular weight is 400 g/mol. The van der Waals surface area contributed by atoms with E-state index in [0.717, 1.165) is 18.5 Å². The number of halogens is 1. The Labute approximate surface area is 142 Å². The van der Waals surface area contributed by atoms with Gasteiger partial charge in [0.05, 0.1) is 0 Å². The fraction of sp³-hybridized carbons (Fsp3) is 0.333. The number of nitrogens with one attached hydrogen (secondary N) is 2. The highest BCUT2D eigenvalue weighted by molar-refractivity contribution is 14.0. The molecule has 2 rings (SSSR count). The van der Waals surface area contributed by atoms with Crippen LogP contribution in [0.1, 0.15) is 17.5 Å². The molecule has 6 heteroatoms. The topological polar surface area (TPSA) is 79.5 Å². The van der Waals surface area contributed by atoms with Crippen molar-refractivity contribution < 1.29 is 4.79 Å². The smallest absolute Gasteiger partial charge is 0.242 e. The number of carbonyl (C=O) groups excluding carboxylic acids is 1. The quantitative estimate of drug-likeness (QED) is 0.305. The molecule has 0 spiro atoms. The average Bonchev–Trinajstić information content (AvgIpc) is 2.90. The van der Waals surface area contributed by atoms with Gasteiger partial charge in [0, 0.05) is 12.2 Å². The number of fused-ring (bicyclic) bond motifs is 1. The molecule has 0 saturated carbocycles. The maximum absolute atomic E-state index is 11.4. The van der Waals surface area contributed by atoms with E-state index in [1.165, 1.54) is 17.5 Å². The first kappa shape index (κ1) is 17.5. The van der Waals surface area contributed by atoms with Crippen LogP contribution in [0.3, 0.4) is 0 Å². The van der Waals surface area contributed by atoms with Gasteiger partial charge in [-0.3, -0.25) is 4.79 Å². The molecule has 4 N–H and O–H groups in total. The second-order valence-corrected chi connectivity index (χ2v) is 4.76. The molecular formula is C15H21IN4O. The van der Waals surface area contributed by atoms with Crippen molar-refractivity contribution in [2.45, 2.75) is 19.3 Å². The summed E-state index contributed by atoms with van der Waals surface area (Å²) in [6.45, 7) is 3.97. The van der Waals surface area contributed by atoms with Crippen LogP contribution in [0.2, 0.25) is 0 Å². The summed E-state index contributed by atoms with van der Waals surface area (Å²) in [5.74, 6) is 0.0697. The predicted octanol–water partition coefficient (Wildman–Crippen LogP) is 1.82. The Kier molecular flexibility index (Phi) is 7.21. The van der Waals surface area contributed by atoms with Crippen LogP contribution >= 0.6 is 24.0 Å². The van der Waals surface area contributed by atoms with Crippen LogP contribution in [-0.4, -0.2) is 25.0 Å². The van der Waals surface area contributed by atoms with Crippen LogP contribution in [0, 0.1) is 0 Å². The molecule has 0 atom stereocenters. The highest BCUT2D eigenvalue weighted by Crippen LogP contribution is 2.24. The maximum Gasteiger partial charge on any atom is 0.242 e. The van der Waals surface area contributed by atoms with E-state index >= 15 is 0 Å². The molecule has 5 nitrogen and oxygen atoms in total. The van der Waals surface area contributed by atoms with Crippen molar-refractivity contribution in [3.63, 3.8) is 0 Å². The van der Waals surface area contributed by atoms with Crippen molar-refractivity contribution in [3.8, 4) is 0 Å². The van der Waals surface area contributed by atoms with Crippen LogP contribution < -0.4 is 16.4 Å². The van der Waals surface area contributed by atoms with Crippen LogP contribution in [-0.2, 0) is 17.6 Å². The molecule has 0 aromatic heterocycles. The van der Waals surface area contributed by atoms with Gasteiger partial charge in [0.1, 0.15) is 6.54 Å².